The van der Waals surface area contributed by atoms with Crippen LogP contribution >= 0.6 is 0 Å². The third kappa shape index (κ3) is 3.85. The zero-order valence-electron chi connectivity index (χ0n) is 5.58. The van der Waals surface area contributed by atoms with Gasteiger partial charge in [0.1, 0.15) is 0 Å². The second-order valence-corrected chi connectivity index (χ2v) is 2.58. The summed E-state index contributed by atoms with van der Waals surface area (Å²) in [5, 5.41) is 11.8. The van der Waals surface area contributed by atoms with E-state index in [2.05, 4.69) is 21.3 Å². The number of hydrogen-bond acceptors (Lipinski definition) is 3. The van der Waals surface area contributed by atoms with Crippen molar-refractivity contribution in [3.05, 3.63) is 0 Å². The molecule has 10 heavy (non-hydrogen) atoms. The Morgan fingerprint density at radius 3 is 2.70 bits per heavy atom. The summed E-state index contributed by atoms with van der Waals surface area (Å²) in [5.41, 5.74) is 5.17. The van der Waals surface area contributed by atoms with E-state index in [9.17, 15) is 4.79 Å². The summed E-state index contributed by atoms with van der Waals surface area (Å²) in [6, 6.07) is -0.469. The summed E-state index contributed by atoms with van der Waals surface area (Å²) < 4.78 is 0. The van der Waals surface area contributed by atoms with Crippen molar-refractivity contribution in [2.45, 2.75) is 11.4 Å². The molecule has 0 aromatic heterocycles. The Kier molecular flexibility index (Phi) is 5.62. The Labute approximate surface area is 68.0 Å². The number of nitrogens with one attached hydrogen (secondary N) is 1. The molecule has 0 amide bonds. The minimum absolute atomic E-state index is 0.469. The number of rotatable bonds is 5. The molecular weight excluding hydrogens is 199 g/mol. The molecule has 5 heteroatoms. The zero-order valence-corrected chi connectivity index (χ0v) is 7.46. The van der Waals surface area contributed by atoms with Crippen LogP contribution in [0.4, 0.5) is 0 Å². The SMILES string of the molecule is NCCNC(C[SeH])C(=O)O. The van der Waals surface area contributed by atoms with Crippen molar-refractivity contribution >= 4 is 22.0 Å². The van der Waals surface area contributed by atoms with Gasteiger partial charge < -0.3 is 0 Å². The predicted octanol–water partition coefficient (Wildman–Crippen LogP) is -1.69. The number of hydrogen-bond donors (Lipinski definition) is 3. The van der Waals surface area contributed by atoms with Crippen LogP contribution in [-0.4, -0.2) is 46.2 Å². The fraction of sp³-hybridized carbons (Fsp3) is 0.800. The van der Waals surface area contributed by atoms with Gasteiger partial charge >= 0.3 is 67.4 Å². The number of nitrogens with two attached hydrogens (primary N) is 1. The molecule has 0 bridgehead atoms. The molecule has 0 radical (unpaired) electrons. The predicted molar refractivity (Wildman–Crippen MR) is 40.4 cm³/mol. The van der Waals surface area contributed by atoms with Crippen molar-refractivity contribution in [2.75, 3.05) is 13.1 Å². The average Bonchev–Trinajstić information content (AvgIpc) is 1.89. The van der Waals surface area contributed by atoms with Crippen molar-refractivity contribution in [1.29, 1.82) is 0 Å². The minimum atomic E-state index is -0.825. The van der Waals surface area contributed by atoms with Crippen LogP contribution in [0.15, 0.2) is 0 Å². The number of carbonyl (C=O) groups is 1. The molecular formula is C5H12N2O2Se. The fourth-order valence-corrected chi connectivity index (χ4v) is 1.09. The Hall–Kier alpha value is -0.0905. The van der Waals surface area contributed by atoms with Crippen LogP contribution in [0.3, 0.4) is 0 Å². The Balaban J connectivity index is 3.50. The number of carboxylic acid groups (broad SMARTS) is 1. The standard InChI is InChI=1S/C5H12N2O2Se/c6-1-2-7-4(3-10)5(8)9/h4,7,10H,1-3,6H2,(H,8,9). The van der Waals surface area contributed by atoms with Gasteiger partial charge in [0.25, 0.3) is 0 Å². The summed E-state index contributed by atoms with van der Waals surface area (Å²) in [6.07, 6.45) is 0. The average molecular weight is 211 g/mol. The Morgan fingerprint density at radius 2 is 2.40 bits per heavy atom. The summed E-state index contributed by atoms with van der Waals surface area (Å²) >= 11 is 2.24. The van der Waals surface area contributed by atoms with E-state index >= 15 is 0 Å². The van der Waals surface area contributed by atoms with E-state index in [-0.39, 0.29) is 0 Å². The van der Waals surface area contributed by atoms with E-state index in [4.69, 9.17) is 10.8 Å². The van der Waals surface area contributed by atoms with Crippen LogP contribution in [0.5, 0.6) is 0 Å². The van der Waals surface area contributed by atoms with Crippen molar-refractivity contribution in [2.24, 2.45) is 5.73 Å². The summed E-state index contributed by atoms with van der Waals surface area (Å²) in [4.78, 5) is 10.3. The third-order valence-electron chi connectivity index (χ3n) is 1.02. The Bertz CT molecular complexity index is 110. The molecule has 0 saturated heterocycles. The Morgan fingerprint density at radius 1 is 1.80 bits per heavy atom. The molecule has 0 spiro atoms. The van der Waals surface area contributed by atoms with E-state index in [0.29, 0.717) is 18.4 Å². The quantitative estimate of drug-likeness (QED) is 0.474. The molecule has 4 nitrogen and oxygen atoms in total. The molecule has 0 heterocycles. The molecule has 1 atom stereocenters. The molecule has 0 fully saturated rings. The van der Waals surface area contributed by atoms with Gasteiger partial charge in [-0.2, -0.15) is 0 Å². The summed E-state index contributed by atoms with van der Waals surface area (Å²) in [6.45, 7) is 1.02. The van der Waals surface area contributed by atoms with Crippen LogP contribution < -0.4 is 11.1 Å². The maximum atomic E-state index is 10.3. The second kappa shape index (κ2) is 5.68. The molecule has 4 N–H and O–H groups in total. The van der Waals surface area contributed by atoms with Gasteiger partial charge in [-0.15, -0.1) is 0 Å². The van der Waals surface area contributed by atoms with Gasteiger partial charge in [-0.1, -0.05) is 0 Å². The van der Waals surface area contributed by atoms with Crippen LogP contribution in [0.25, 0.3) is 0 Å². The molecule has 60 valence electrons. The van der Waals surface area contributed by atoms with Gasteiger partial charge in [-0.25, -0.2) is 0 Å². The second-order valence-electron chi connectivity index (χ2n) is 1.82. The van der Waals surface area contributed by atoms with Crippen LogP contribution in [0.2, 0.25) is 5.32 Å². The van der Waals surface area contributed by atoms with Gasteiger partial charge in [-0.3, -0.25) is 0 Å². The molecule has 0 saturated carbocycles. The van der Waals surface area contributed by atoms with E-state index in [0.717, 1.165) is 0 Å². The van der Waals surface area contributed by atoms with Gasteiger partial charge in [0.15, 0.2) is 0 Å². The van der Waals surface area contributed by atoms with Gasteiger partial charge in [0, 0.05) is 0 Å². The van der Waals surface area contributed by atoms with Gasteiger partial charge in [0.05, 0.1) is 0 Å². The molecule has 0 rings (SSSR count). The van der Waals surface area contributed by atoms with E-state index in [1.165, 1.54) is 0 Å². The molecule has 0 aromatic carbocycles. The van der Waals surface area contributed by atoms with Crippen LogP contribution in [-0.2, 0) is 4.79 Å². The van der Waals surface area contributed by atoms with Crippen molar-refractivity contribution < 1.29 is 9.90 Å². The van der Waals surface area contributed by atoms with Crippen molar-refractivity contribution in [1.82, 2.24) is 5.32 Å². The molecule has 0 aliphatic rings. The molecule has 1 unspecified atom stereocenters. The first-order valence-corrected chi connectivity index (χ1v) is 4.32. The first-order valence-electron chi connectivity index (χ1n) is 2.99. The topological polar surface area (TPSA) is 75.3 Å². The number of aliphatic carboxylic acids is 1. The first kappa shape index (κ1) is 9.91. The number of carboxylic acids is 1. The fourth-order valence-electron chi connectivity index (χ4n) is 0.488. The van der Waals surface area contributed by atoms with Crippen molar-refractivity contribution in [3.8, 4) is 0 Å². The van der Waals surface area contributed by atoms with E-state index < -0.39 is 12.0 Å². The van der Waals surface area contributed by atoms with Crippen molar-refractivity contribution in [3.63, 3.8) is 0 Å². The van der Waals surface area contributed by atoms with E-state index in [1.807, 2.05) is 0 Å². The van der Waals surface area contributed by atoms with Gasteiger partial charge in [0.2, 0.25) is 0 Å². The normalized spacial score (nSPS) is 13.0. The monoisotopic (exact) mass is 212 g/mol. The first-order chi connectivity index (χ1) is 4.72. The molecule has 0 aliphatic carbocycles. The summed E-state index contributed by atoms with van der Waals surface area (Å²) in [5.74, 6) is -0.825. The summed E-state index contributed by atoms with van der Waals surface area (Å²) in [7, 11) is 0. The van der Waals surface area contributed by atoms with Gasteiger partial charge in [-0.05, 0) is 0 Å². The molecule has 0 aromatic rings. The van der Waals surface area contributed by atoms with Crippen LogP contribution in [0.1, 0.15) is 0 Å². The van der Waals surface area contributed by atoms with E-state index in [1.54, 1.807) is 0 Å². The van der Waals surface area contributed by atoms with Crippen LogP contribution in [0, 0.1) is 0 Å². The zero-order chi connectivity index (χ0) is 7.98. The molecule has 0 aliphatic heterocycles. The maximum absolute atomic E-state index is 10.3. The third-order valence-corrected chi connectivity index (χ3v) is 1.78.